The molecule has 0 heterocycles. The van der Waals surface area contributed by atoms with Crippen LogP contribution in [0.3, 0.4) is 0 Å². The van der Waals surface area contributed by atoms with E-state index in [9.17, 15) is 8.78 Å². The highest BCUT2D eigenvalue weighted by atomic mass is 19.2. The summed E-state index contributed by atoms with van der Waals surface area (Å²) in [5.41, 5.74) is 6.45. The number of halogens is 2. The van der Waals surface area contributed by atoms with E-state index in [0.717, 1.165) is 12.1 Å². The third-order valence-electron chi connectivity index (χ3n) is 2.63. The molecule has 0 fully saturated rings. The van der Waals surface area contributed by atoms with Crippen LogP contribution >= 0.6 is 0 Å². The zero-order valence-corrected chi connectivity index (χ0v) is 10.4. The molecule has 0 aromatic heterocycles. The van der Waals surface area contributed by atoms with E-state index in [4.69, 9.17) is 15.7 Å². The highest BCUT2D eigenvalue weighted by Gasteiger charge is 2.04. The standard InChI is InChI=1S/C14H12F2N2O2/c15-12-5-4-9(6-13(12)16)8-20-11-3-1-2-10(7-11)14(17)18-19/h1-7,19H,8H2,(H2,17,18). The molecule has 104 valence electrons. The third-order valence-corrected chi connectivity index (χ3v) is 2.63. The van der Waals surface area contributed by atoms with Gasteiger partial charge in [0, 0.05) is 5.56 Å². The van der Waals surface area contributed by atoms with Crippen LogP contribution in [0.4, 0.5) is 8.78 Å². The van der Waals surface area contributed by atoms with Crippen molar-refractivity contribution in [3.63, 3.8) is 0 Å². The zero-order chi connectivity index (χ0) is 14.5. The molecule has 0 aliphatic carbocycles. The van der Waals surface area contributed by atoms with Crippen LogP contribution in [0.2, 0.25) is 0 Å². The molecule has 0 spiro atoms. The topological polar surface area (TPSA) is 67.8 Å². The summed E-state index contributed by atoms with van der Waals surface area (Å²) in [7, 11) is 0. The second kappa shape index (κ2) is 6.01. The quantitative estimate of drug-likeness (QED) is 0.391. The van der Waals surface area contributed by atoms with Crippen molar-refractivity contribution < 1.29 is 18.7 Å². The molecule has 0 saturated carbocycles. The SMILES string of the molecule is N/C(=N/O)c1cccc(OCc2ccc(F)c(F)c2)c1. The van der Waals surface area contributed by atoms with Gasteiger partial charge in [-0.25, -0.2) is 8.78 Å². The minimum absolute atomic E-state index is 0.0386. The molecule has 2 aromatic rings. The minimum Gasteiger partial charge on any atom is -0.489 e. The maximum atomic E-state index is 13.0. The molecule has 6 heteroatoms. The Morgan fingerprint density at radius 2 is 1.95 bits per heavy atom. The zero-order valence-electron chi connectivity index (χ0n) is 10.4. The number of nitrogens with zero attached hydrogens (tertiary/aromatic N) is 1. The predicted octanol–water partition coefficient (Wildman–Crippen LogP) is 2.64. The molecular formula is C14H12F2N2O2. The molecule has 0 radical (unpaired) electrons. The van der Waals surface area contributed by atoms with E-state index in [2.05, 4.69) is 5.16 Å². The van der Waals surface area contributed by atoms with Crippen molar-refractivity contribution in [1.82, 2.24) is 0 Å². The first kappa shape index (κ1) is 13.8. The van der Waals surface area contributed by atoms with Gasteiger partial charge in [-0.3, -0.25) is 0 Å². The van der Waals surface area contributed by atoms with Gasteiger partial charge in [-0.05, 0) is 29.8 Å². The van der Waals surface area contributed by atoms with E-state index in [-0.39, 0.29) is 12.4 Å². The first-order valence-corrected chi connectivity index (χ1v) is 5.75. The van der Waals surface area contributed by atoms with Crippen molar-refractivity contribution in [2.24, 2.45) is 10.9 Å². The third kappa shape index (κ3) is 3.23. The van der Waals surface area contributed by atoms with Crippen molar-refractivity contribution in [2.75, 3.05) is 0 Å². The lowest BCUT2D eigenvalue weighted by atomic mass is 10.2. The second-order valence-corrected chi connectivity index (χ2v) is 4.05. The second-order valence-electron chi connectivity index (χ2n) is 4.05. The maximum Gasteiger partial charge on any atom is 0.170 e. The fourth-order valence-electron chi connectivity index (χ4n) is 1.60. The first-order valence-electron chi connectivity index (χ1n) is 5.75. The molecule has 2 aromatic carbocycles. The molecule has 20 heavy (non-hydrogen) atoms. The highest BCUT2D eigenvalue weighted by Crippen LogP contribution is 2.16. The lowest BCUT2D eigenvalue weighted by molar-refractivity contribution is 0.305. The Kier molecular flexibility index (Phi) is 4.14. The maximum absolute atomic E-state index is 13.0. The number of hydrogen-bond donors (Lipinski definition) is 2. The molecule has 0 bridgehead atoms. The molecule has 0 amide bonds. The average Bonchev–Trinajstić information content (AvgIpc) is 2.48. The van der Waals surface area contributed by atoms with Crippen molar-refractivity contribution in [3.8, 4) is 5.75 Å². The van der Waals surface area contributed by atoms with E-state index >= 15 is 0 Å². The van der Waals surface area contributed by atoms with Gasteiger partial charge >= 0.3 is 0 Å². The molecule has 2 rings (SSSR count). The Hall–Kier alpha value is -2.63. The van der Waals surface area contributed by atoms with Crippen LogP contribution in [0.15, 0.2) is 47.6 Å². The summed E-state index contributed by atoms with van der Waals surface area (Å²) in [5, 5.41) is 11.5. The van der Waals surface area contributed by atoms with Gasteiger partial charge in [0.15, 0.2) is 17.5 Å². The van der Waals surface area contributed by atoms with Gasteiger partial charge in [-0.15, -0.1) is 0 Å². The summed E-state index contributed by atoms with van der Waals surface area (Å²) >= 11 is 0. The smallest absolute Gasteiger partial charge is 0.170 e. The van der Waals surface area contributed by atoms with Gasteiger partial charge < -0.3 is 15.7 Å². The molecule has 4 nitrogen and oxygen atoms in total. The first-order chi connectivity index (χ1) is 9.60. The van der Waals surface area contributed by atoms with Gasteiger partial charge in [0.1, 0.15) is 12.4 Å². The van der Waals surface area contributed by atoms with E-state index in [0.29, 0.717) is 16.9 Å². The van der Waals surface area contributed by atoms with Crippen LogP contribution in [-0.4, -0.2) is 11.0 Å². The average molecular weight is 278 g/mol. The van der Waals surface area contributed by atoms with E-state index in [1.54, 1.807) is 24.3 Å². The summed E-state index contributed by atoms with van der Waals surface area (Å²) in [4.78, 5) is 0. The molecule has 0 atom stereocenters. The Morgan fingerprint density at radius 1 is 1.15 bits per heavy atom. The predicted molar refractivity (Wildman–Crippen MR) is 69.6 cm³/mol. The van der Waals surface area contributed by atoms with Gasteiger partial charge in [0.25, 0.3) is 0 Å². The van der Waals surface area contributed by atoms with Gasteiger partial charge in [-0.2, -0.15) is 0 Å². The molecule has 3 N–H and O–H groups in total. The van der Waals surface area contributed by atoms with E-state index in [1.807, 2.05) is 0 Å². The summed E-state index contributed by atoms with van der Waals surface area (Å²) in [6.07, 6.45) is 0. The lowest BCUT2D eigenvalue weighted by Crippen LogP contribution is -2.12. The van der Waals surface area contributed by atoms with E-state index < -0.39 is 11.6 Å². The number of benzene rings is 2. The summed E-state index contributed by atoms with van der Waals surface area (Å²) in [6.45, 7) is 0.0802. The van der Waals surface area contributed by atoms with Crippen molar-refractivity contribution in [3.05, 3.63) is 65.2 Å². The van der Waals surface area contributed by atoms with Crippen molar-refractivity contribution in [1.29, 1.82) is 0 Å². The Labute approximate surface area is 114 Å². The minimum atomic E-state index is -0.920. The lowest BCUT2D eigenvalue weighted by Gasteiger charge is -2.08. The van der Waals surface area contributed by atoms with Gasteiger partial charge in [0.05, 0.1) is 0 Å². The molecule has 0 saturated heterocycles. The molecule has 0 unspecified atom stereocenters. The van der Waals surface area contributed by atoms with Crippen LogP contribution in [0.1, 0.15) is 11.1 Å². The fourth-order valence-corrected chi connectivity index (χ4v) is 1.60. The summed E-state index contributed by atoms with van der Waals surface area (Å²) < 4.78 is 31.2. The van der Waals surface area contributed by atoms with Crippen LogP contribution in [0, 0.1) is 11.6 Å². The number of ether oxygens (including phenoxy) is 1. The Morgan fingerprint density at radius 3 is 2.65 bits per heavy atom. The van der Waals surface area contributed by atoms with Gasteiger partial charge in [-0.1, -0.05) is 23.4 Å². The van der Waals surface area contributed by atoms with Crippen LogP contribution in [-0.2, 0) is 6.61 Å². The Balaban J connectivity index is 2.09. The van der Waals surface area contributed by atoms with Crippen LogP contribution in [0.25, 0.3) is 0 Å². The number of hydrogen-bond acceptors (Lipinski definition) is 3. The van der Waals surface area contributed by atoms with Crippen LogP contribution < -0.4 is 10.5 Å². The normalized spacial score (nSPS) is 11.4. The highest BCUT2D eigenvalue weighted by molar-refractivity contribution is 5.97. The largest absolute Gasteiger partial charge is 0.489 e. The Bertz CT molecular complexity index is 645. The molecule has 0 aliphatic heterocycles. The monoisotopic (exact) mass is 278 g/mol. The van der Waals surface area contributed by atoms with Crippen molar-refractivity contribution in [2.45, 2.75) is 6.61 Å². The molecular weight excluding hydrogens is 266 g/mol. The summed E-state index contributed by atoms with van der Waals surface area (Å²) in [5.74, 6) is -1.39. The number of oxime groups is 1. The molecule has 0 aliphatic rings. The number of nitrogens with two attached hydrogens (primary N) is 1. The van der Waals surface area contributed by atoms with Crippen LogP contribution in [0.5, 0.6) is 5.75 Å². The van der Waals surface area contributed by atoms with Crippen molar-refractivity contribution >= 4 is 5.84 Å². The number of amidine groups is 1. The number of rotatable bonds is 4. The van der Waals surface area contributed by atoms with Gasteiger partial charge in [0.2, 0.25) is 0 Å². The fraction of sp³-hybridized carbons (Fsp3) is 0.0714. The van der Waals surface area contributed by atoms with E-state index in [1.165, 1.54) is 6.07 Å². The summed E-state index contributed by atoms with van der Waals surface area (Å²) in [6, 6.07) is 10.1.